The summed E-state index contributed by atoms with van der Waals surface area (Å²) in [7, 11) is 0. The minimum absolute atomic E-state index is 0.0946. The van der Waals surface area contributed by atoms with Crippen molar-refractivity contribution in [2.75, 3.05) is 39.4 Å². The molecule has 0 aliphatic rings. The Kier molecular flexibility index (Phi) is 36.5. The van der Waals surface area contributed by atoms with Crippen LogP contribution in [-0.2, 0) is 78.3 Å². The van der Waals surface area contributed by atoms with E-state index in [4.69, 9.17) is 22.9 Å². The number of aromatic nitrogens is 1. The number of hydrogen-bond donors (Lipinski definition) is 22. The van der Waals surface area contributed by atoms with Gasteiger partial charge in [-0.1, -0.05) is 66.2 Å². The van der Waals surface area contributed by atoms with Crippen molar-refractivity contribution in [3.05, 3.63) is 36.0 Å². The summed E-state index contributed by atoms with van der Waals surface area (Å²) in [5.74, 6) is -16.8. The van der Waals surface area contributed by atoms with Crippen LogP contribution in [0.1, 0.15) is 106 Å². The second-order valence-electron chi connectivity index (χ2n) is 24.2. The van der Waals surface area contributed by atoms with Gasteiger partial charge in [0, 0.05) is 29.9 Å². The molecule has 0 unspecified atom stereocenters. The van der Waals surface area contributed by atoms with Crippen LogP contribution in [-0.4, -0.2) is 232 Å². The Labute approximate surface area is 566 Å². The zero-order chi connectivity index (χ0) is 74.3. The molecule has 1 heterocycles. The second kappa shape index (κ2) is 42.3. The third-order valence-electron chi connectivity index (χ3n) is 15.5. The number of carbonyl (C=O) groups excluding carboxylic acids is 13. The zero-order valence-electron chi connectivity index (χ0n) is 56.5. The maximum atomic E-state index is 14.3. The van der Waals surface area contributed by atoms with Crippen LogP contribution in [0, 0.1) is 17.8 Å². The van der Waals surface area contributed by atoms with E-state index in [-0.39, 0.29) is 45.3 Å². The number of hydrogen-bond acceptors (Lipinski definition) is 21. The minimum Gasteiger partial charge on any atom is -0.481 e. The first kappa shape index (κ1) is 84.7. The number of H-pyrrole nitrogens is 1. The summed E-state index contributed by atoms with van der Waals surface area (Å²) in [4.78, 5) is 202. The Bertz CT molecular complexity index is 3090. The molecule has 2 aromatic rings. The van der Waals surface area contributed by atoms with Crippen LogP contribution >= 0.6 is 0 Å². The highest BCUT2D eigenvalue weighted by molar-refractivity contribution is 6.00. The molecule has 0 saturated heterocycles. The van der Waals surface area contributed by atoms with Gasteiger partial charge in [0.1, 0.15) is 72.5 Å². The van der Waals surface area contributed by atoms with Gasteiger partial charge >= 0.3 is 11.9 Å². The number of aliphatic hydroxyl groups is 2. The summed E-state index contributed by atoms with van der Waals surface area (Å²) >= 11 is 0. The maximum Gasteiger partial charge on any atom is 0.325 e. The molecular formula is C61H100N18O19. The number of aromatic amines is 1. The molecule has 0 aliphatic heterocycles. The van der Waals surface area contributed by atoms with Crippen LogP contribution in [0.2, 0.25) is 0 Å². The van der Waals surface area contributed by atoms with Crippen LogP contribution in [0.25, 0.3) is 10.9 Å². The number of amides is 13. The van der Waals surface area contributed by atoms with Gasteiger partial charge in [0.15, 0.2) is 0 Å². The van der Waals surface area contributed by atoms with Gasteiger partial charge in [-0.2, -0.15) is 0 Å². The van der Waals surface area contributed by atoms with Crippen molar-refractivity contribution in [2.24, 2.45) is 40.7 Å². The number of rotatable bonds is 44. The Hall–Kier alpha value is -9.43. The number of fused-ring (bicyclic) bond motifs is 1. The number of carbonyl (C=O) groups is 15. The molecule has 548 valence electrons. The molecule has 0 fully saturated rings. The van der Waals surface area contributed by atoms with Gasteiger partial charge in [-0.05, 0) is 95.5 Å². The largest absolute Gasteiger partial charge is 0.481 e. The molecule has 0 bridgehead atoms. The number of aliphatic carboxylic acids is 2. The van der Waals surface area contributed by atoms with Gasteiger partial charge in [-0.15, -0.1) is 0 Å². The molecule has 1 aromatic carbocycles. The Balaban J connectivity index is 2.30. The zero-order valence-corrected chi connectivity index (χ0v) is 56.5. The molecule has 0 radical (unpaired) electrons. The number of para-hydroxylation sites is 1. The predicted octanol–water partition coefficient (Wildman–Crippen LogP) is -7.63. The van der Waals surface area contributed by atoms with E-state index in [1.165, 1.54) is 27.0 Å². The number of carboxylic acids is 2. The monoisotopic (exact) mass is 1390 g/mol. The molecule has 98 heavy (non-hydrogen) atoms. The number of benzene rings is 1. The number of nitrogens with one attached hydrogen (secondary N) is 14. The summed E-state index contributed by atoms with van der Waals surface area (Å²) < 4.78 is 0. The lowest BCUT2D eigenvalue weighted by Crippen LogP contribution is -2.61. The SMILES string of the molecule is CC[C@H](C)[C@@H](NC(=O)[C@@H](NC(=O)[C@H](CCC(=O)O)NC(=O)[C@H](C)NC(=O)[C@@H](CCN)NC(=O)[C@H](CCN)NC(=O)[C@H](CO)NC(=O)[C@@H](Cc1c[nH]c2ccccc12)NC(=O)[C@@H](CO)NC(=O)CNC(=O)[C@@H](CCN)NC(=O)[C@H](NC(=O)[C@H](C)N)C(C)C)C(C)C)C(=O)N[C@@H](C)C(=O)O. The first-order chi connectivity index (χ1) is 46.1. The fraction of sp³-hybridized carbons (Fsp3) is 0.623. The van der Waals surface area contributed by atoms with E-state index < -0.39 is 218 Å². The lowest BCUT2D eigenvalue weighted by atomic mass is 9.96. The first-order valence-corrected chi connectivity index (χ1v) is 32.1. The molecule has 0 spiro atoms. The molecule has 13 amide bonds. The first-order valence-electron chi connectivity index (χ1n) is 32.1. The molecule has 1 aromatic heterocycles. The van der Waals surface area contributed by atoms with E-state index in [1.807, 2.05) is 0 Å². The summed E-state index contributed by atoms with van der Waals surface area (Å²) in [6.45, 7) is 10.0. The van der Waals surface area contributed by atoms with Crippen molar-refractivity contribution in [3.8, 4) is 0 Å². The van der Waals surface area contributed by atoms with Crippen molar-refractivity contribution in [3.63, 3.8) is 0 Å². The summed E-state index contributed by atoms with van der Waals surface area (Å²) in [6.07, 6.45) is -0.278. The maximum absolute atomic E-state index is 14.3. The van der Waals surface area contributed by atoms with Crippen molar-refractivity contribution in [1.29, 1.82) is 0 Å². The lowest BCUT2D eigenvalue weighted by molar-refractivity contribution is -0.142. The van der Waals surface area contributed by atoms with E-state index in [0.29, 0.717) is 22.9 Å². The molecule has 37 nitrogen and oxygen atoms in total. The van der Waals surface area contributed by atoms with Crippen LogP contribution in [0.3, 0.4) is 0 Å². The highest BCUT2D eigenvalue weighted by Gasteiger charge is 2.38. The Morgan fingerprint density at radius 1 is 0.449 bits per heavy atom. The second-order valence-corrected chi connectivity index (χ2v) is 24.2. The Morgan fingerprint density at radius 3 is 1.35 bits per heavy atom. The third-order valence-corrected chi connectivity index (χ3v) is 15.5. The molecule has 2 rings (SSSR count). The van der Waals surface area contributed by atoms with E-state index in [0.717, 1.165) is 0 Å². The summed E-state index contributed by atoms with van der Waals surface area (Å²) in [5, 5.41) is 71.5. The van der Waals surface area contributed by atoms with Gasteiger partial charge in [0.05, 0.1) is 25.8 Å². The summed E-state index contributed by atoms with van der Waals surface area (Å²) in [6, 6.07) is -12.0. The average Bonchev–Trinajstić information content (AvgIpc) is 1.67. The fourth-order valence-electron chi connectivity index (χ4n) is 9.44. The Morgan fingerprint density at radius 2 is 0.847 bits per heavy atom. The van der Waals surface area contributed by atoms with Crippen LogP contribution < -0.4 is 92.1 Å². The molecular weight excluding hydrogens is 1290 g/mol. The standard InChI is InChI=1S/C61H100N18O19/c1-10-30(6)48(60(96)69-33(9)61(97)98)79-59(95)47(29(4)5)78-54(90)37(15-16-45(83)84)71-50(86)32(8)68-52(88)39(18-21-63)72-53(89)40(19-22-64)73-57(93)43(27-81)76-55(91)41(23-34-24-66-36-14-12-11-13-35(34)36)75-56(92)42(26-80)70-44(82)25-67-51(87)38(17-20-62)74-58(94)46(28(2)3)77-49(85)31(7)65/h11-14,24,28-33,37-43,46-48,66,80-81H,10,15-23,25-27,62-65H2,1-9H3,(H,67,87)(H,68,88)(H,69,96)(H,70,82)(H,71,86)(H,72,89)(H,73,93)(H,74,94)(H,75,92)(H,76,91)(H,77,85)(H,78,90)(H,79,95)(H,83,84)(H,97,98)/t30-,31-,32-,33-,37-,38+,39+,40-,41+,42+,43-,46+,47-,48+/m0/s1. The smallest absolute Gasteiger partial charge is 0.325 e. The fourth-order valence-corrected chi connectivity index (χ4v) is 9.44. The van der Waals surface area contributed by atoms with Gasteiger partial charge < -0.3 is 117 Å². The quantitative estimate of drug-likeness (QED) is 0.0293. The van der Waals surface area contributed by atoms with Gasteiger partial charge in [0.2, 0.25) is 76.8 Å². The van der Waals surface area contributed by atoms with Crippen molar-refractivity contribution < 1.29 is 92.3 Å². The highest BCUT2D eigenvalue weighted by atomic mass is 16.4. The number of aliphatic hydroxyl groups excluding tert-OH is 2. The molecule has 0 saturated carbocycles. The van der Waals surface area contributed by atoms with E-state index >= 15 is 0 Å². The van der Waals surface area contributed by atoms with Gasteiger partial charge in [-0.3, -0.25) is 71.9 Å². The van der Waals surface area contributed by atoms with Crippen molar-refractivity contribution in [2.45, 2.75) is 186 Å². The average molecular weight is 1390 g/mol. The highest BCUT2D eigenvalue weighted by Crippen LogP contribution is 2.20. The lowest BCUT2D eigenvalue weighted by Gasteiger charge is -2.29. The number of nitrogens with two attached hydrogens (primary N) is 4. The van der Waals surface area contributed by atoms with Crippen LogP contribution in [0.4, 0.5) is 0 Å². The van der Waals surface area contributed by atoms with Crippen LogP contribution in [0.5, 0.6) is 0 Å². The molecule has 26 N–H and O–H groups in total. The van der Waals surface area contributed by atoms with Gasteiger partial charge in [-0.25, -0.2) is 0 Å². The predicted molar refractivity (Wildman–Crippen MR) is 352 cm³/mol. The molecule has 14 atom stereocenters. The van der Waals surface area contributed by atoms with E-state index in [1.54, 1.807) is 65.8 Å². The molecule has 37 heteroatoms. The third kappa shape index (κ3) is 27.6. The number of carboxylic acid groups (broad SMARTS) is 2. The topological polar surface area (TPSA) is 613 Å². The normalized spacial score (nSPS) is 15.5. The summed E-state index contributed by atoms with van der Waals surface area (Å²) in [5.41, 5.74) is 24.0. The van der Waals surface area contributed by atoms with E-state index in [2.05, 4.69) is 74.1 Å². The minimum atomic E-state index is -1.86. The van der Waals surface area contributed by atoms with Gasteiger partial charge in [0.25, 0.3) is 0 Å². The van der Waals surface area contributed by atoms with Crippen molar-refractivity contribution in [1.82, 2.24) is 74.1 Å². The molecule has 0 aliphatic carbocycles. The van der Waals surface area contributed by atoms with Crippen molar-refractivity contribution >= 4 is 99.6 Å². The van der Waals surface area contributed by atoms with Crippen LogP contribution in [0.15, 0.2) is 30.5 Å². The van der Waals surface area contributed by atoms with E-state index in [9.17, 15) is 92.3 Å².